The Hall–Kier alpha value is -1.75. The van der Waals surface area contributed by atoms with E-state index in [2.05, 4.69) is 16.1 Å². The molecule has 1 aromatic rings. The zero-order valence-electron chi connectivity index (χ0n) is 8.93. The van der Waals surface area contributed by atoms with Crippen LogP contribution in [0.15, 0.2) is 29.4 Å². The lowest BCUT2D eigenvalue weighted by molar-refractivity contribution is 0.102. The van der Waals surface area contributed by atoms with Gasteiger partial charge in [0.2, 0.25) is 0 Å². The minimum Gasteiger partial charge on any atom is -0.399 e. The van der Waals surface area contributed by atoms with Gasteiger partial charge in [-0.2, -0.15) is 0 Å². The summed E-state index contributed by atoms with van der Waals surface area (Å²) in [5.41, 5.74) is 14.6. The van der Waals surface area contributed by atoms with E-state index in [9.17, 15) is 0 Å². The smallest absolute Gasteiger partial charge is 0.0441 e. The molecule has 84 valence electrons. The number of nitrogens with one attached hydrogen (secondary N) is 1. The molecule has 3 N–H and O–H groups in total. The fourth-order valence-electron chi connectivity index (χ4n) is 1.84. The fourth-order valence-corrected chi connectivity index (χ4v) is 1.84. The van der Waals surface area contributed by atoms with Gasteiger partial charge in [-0.15, -0.1) is 0 Å². The largest absolute Gasteiger partial charge is 0.399 e. The number of hydrogen-bond donors (Lipinski definition) is 2. The molecule has 16 heavy (non-hydrogen) atoms. The third kappa shape index (κ3) is 1.59. The zero-order chi connectivity index (χ0) is 11.0. The molecule has 0 aromatic heterocycles. The molecule has 0 atom stereocenters. The zero-order valence-corrected chi connectivity index (χ0v) is 8.93. The van der Waals surface area contributed by atoms with E-state index in [1.807, 2.05) is 29.4 Å². The minimum absolute atomic E-state index is 0.502. The van der Waals surface area contributed by atoms with Gasteiger partial charge in [0.15, 0.2) is 0 Å². The van der Waals surface area contributed by atoms with E-state index < -0.39 is 0 Å². The van der Waals surface area contributed by atoms with E-state index in [1.165, 1.54) is 19.3 Å². The van der Waals surface area contributed by atoms with Crippen molar-refractivity contribution in [1.29, 1.82) is 0 Å². The molecule has 1 saturated carbocycles. The molecule has 1 aliphatic heterocycles. The second-order valence-electron chi connectivity index (χ2n) is 4.19. The van der Waals surface area contributed by atoms with E-state index in [-0.39, 0.29) is 0 Å². The number of nitrogen functional groups attached to an aromatic ring is 1. The third-order valence-electron chi connectivity index (χ3n) is 3.03. The SMILES string of the molecule is Nc1cccc(C2=NN(C3CCC3)N[N-]2)c1. The number of anilines is 1. The molecule has 1 fully saturated rings. The third-order valence-corrected chi connectivity index (χ3v) is 3.03. The van der Waals surface area contributed by atoms with Gasteiger partial charge in [-0.25, -0.2) is 5.53 Å². The lowest BCUT2D eigenvalue weighted by Crippen LogP contribution is -2.40. The van der Waals surface area contributed by atoms with Crippen molar-refractivity contribution in [2.45, 2.75) is 25.3 Å². The van der Waals surface area contributed by atoms with Gasteiger partial charge in [0.05, 0.1) is 0 Å². The summed E-state index contributed by atoms with van der Waals surface area (Å²) in [5.74, 6) is 0.708. The van der Waals surface area contributed by atoms with Gasteiger partial charge in [-0.1, -0.05) is 12.1 Å². The number of rotatable bonds is 2. The maximum Gasteiger partial charge on any atom is 0.0441 e. The summed E-state index contributed by atoms with van der Waals surface area (Å²) in [6, 6.07) is 8.12. The highest BCUT2D eigenvalue weighted by Crippen LogP contribution is 2.26. The number of hydrazone groups is 1. The lowest BCUT2D eigenvalue weighted by atomic mass is 9.94. The number of hydrazine groups is 1. The number of amidine groups is 1. The van der Waals surface area contributed by atoms with Crippen LogP contribution in [0.3, 0.4) is 0 Å². The Bertz CT molecular complexity index is 424. The van der Waals surface area contributed by atoms with Crippen molar-refractivity contribution in [3.05, 3.63) is 35.3 Å². The first kappa shape index (κ1) is 9.47. The van der Waals surface area contributed by atoms with Crippen molar-refractivity contribution in [3.63, 3.8) is 0 Å². The van der Waals surface area contributed by atoms with Crippen molar-refractivity contribution in [3.8, 4) is 0 Å². The van der Waals surface area contributed by atoms with E-state index in [0.717, 1.165) is 11.3 Å². The topological polar surface area (TPSA) is 67.8 Å². The number of nitrogens with two attached hydrogens (primary N) is 1. The molecule has 1 heterocycles. The normalized spacial score (nSPS) is 20.2. The first-order valence-electron chi connectivity index (χ1n) is 5.53. The van der Waals surface area contributed by atoms with Crippen molar-refractivity contribution >= 4 is 11.5 Å². The summed E-state index contributed by atoms with van der Waals surface area (Å²) in [6.07, 6.45) is 3.67. The van der Waals surface area contributed by atoms with Gasteiger partial charge in [0.25, 0.3) is 0 Å². The molecule has 1 aliphatic carbocycles. The van der Waals surface area contributed by atoms with Crippen LogP contribution in [0.25, 0.3) is 5.43 Å². The minimum atomic E-state index is 0.502. The molecule has 0 amide bonds. The molecule has 3 rings (SSSR count). The number of nitrogens with zero attached hydrogens (tertiary/aromatic N) is 3. The Balaban J connectivity index is 1.80. The van der Waals surface area contributed by atoms with Crippen molar-refractivity contribution in [2.75, 3.05) is 5.73 Å². The Morgan fingerprint density at radius 2 is 2.31 bits per heavy atom. The molecular weight excluding hydrogens is 202 g/mol. The van der Waals surface area contributed by atoms with Crippen LogP contribution in [-0.4, -0.2) is 17.0 Å². The maximum atomic E-state index is 5.73. The monoisotopic (exact) mass is 216 g/mol. The Kier molecular flexibility index (Phi) is 2.18. The van der Waals surface area contributed by atoms with Crippen LogP contribution in [0.2, 0.25) is 0 Å². The highest BCUT2D eigenvalue weighted by atomic mass is 15.9. The second-order valence-corrected chi connectivity index (χ2v) is 4.19. The Morgan fingerprint density at radius 3 is 3.00 bits per heavy atom. The second kappa shape index (κ2) is 3.68. The number of hydrogen-bond acceptors (Lipinski definition) is 4. The summed E-state index contributed by atoms with van der Waals surface area (Å²) in [6.45, 7) is 0. The van der Waals surface area contributed by atoms with E-state index in [4.69, 9.17) is 5.73 Å². The molecule has 5 heteroatoms. The standard InChI is InChI=1S/C11H14N5/c12-9-4-1-3-8(7-9)11-13-15-16(14-11)10-5-2-6-10/h1,3-4,7,10,15H,2,5-6,12H2/q-1. The van der Waals surface area contributed by atoms with Crippen molar-refractivity contribution in [1.82, 2.24) is 10.7 Å². The van der Waals surface area contributed by atoms with Crippen molar-refractivity contribution < 1.29 is 0 Å². The average molecular weight is 216 g/mol. The molecule has 0 radical (unpaired) electrons. The fraction of sp³-hybridized carbons (Fsp3) is 0.364. The molecule has 0 saturated heterocycles. The van der Waals surface area contributed by atoms with Crippen LogP contribution in [0, 0.1) is 0 Å². The molecule has 0 bridgehead atoms. The quantitative estimate of drug-likeness (QED) is 0.738. The van der Waals surface area contributed by atoms with Crippen LogP contribution in [-0.2, 0) is 0 Å². The Morgan fingerprint density at radius 1 is 1.44 bits per heavy atom. The van der Waals surface area contributed by atoms with Crippen LogP contribution in [0.4, 0.5) is 5.69 Å². The predicted octanol–water partition coefficient (Wildman–Crippen LogP) is 1.59. The van der Waals surface area contributed by atoms with Gasteiger partial charge in [0.1, 0.15) is 0 Å². The summed E-state index contributed by atoms with van der Waals surface area (Å²) in [4.78, 5) is 0. The molecule has 0 spiro atoms. The van der Waals surface area contributed by atoms with Crippen LogP contribution < -0.4 is 11.3 Å². The van der Waals surface area contributed by atoms with E-state index >= 15 is 0 Å². The van der Waals surface area contributed by atoms with Crippen LogP contribution in [0.1, 0.15) is 24.8 Å². The van der Waals surface area contributed by atoms with Crippen LogP contribution in [0.5, 0.6) is 0 Å². The molecule has 1 aromatic carbocycles. The molecule has 5 nitrogen and oxygen atoms in total. The van der Waals surface area contributed by atoms with E-state index in [1.54, 1.807) is 0 Å². The molecule has 0 unspecified atom stereocenters. The molecule has 2 aliphatic rings. The summed E-state index contributed by atoms with van der Waals surface area (Å²) >= 11 is 0. The average Bonchev–Trinajstić information content (AvgIpc) is 2.64. The van der Waals surface area contributed by atoms with E-state index in [0.29, 0.717) is 11.9 Å². The van der Waals surface area contributed by atoms with Crippen LogP contribution >= 0.6 is 0 Å². The highest BCUT2D eigenvalue weighted by Gasteiger charge is 2.22. The van der Waals surface area contributed by atoms with Gasteiger partial charge < -0.3 is 21.4 Å². The van der Waals surface area contributed by atoms with Crippen molar-refractivity contribution in [2.24, 2.45) is 5.10 Å². The Labute approximate surface area is 94.2 Å². The van der Waals surface area contributed by atoms with Gasteiger partial charge >= 0.3 is 0 Å². The first-order valence-corrected chi connectivity index (χ1v) is 5.53. The summed E-state index contributed by atoms with van der Waals surface area (Å²) in [5, 5.41) is 6.29. The van der Waals surface area contributed by atoms with Gasteiger partial charge in [-0.3, -0.25) is 0 Å². The number of benzene rings is 1. The lowest BCUT2D eigenvalue weighted by Gasteiger charge is -2.37. The summed E-state index contributed by atoms with van der Waals surface area (Å²) < 4.78 is 0. The summed E-state index contributed by atoms with van der Waals surface area (Å²) in [7, 11) is 0. The first-order chi connectivity index (χ1) is 7.83. The van der Waals surface area contributed by atoms with Gasteiger partial charge in [-0.05, 0) is 42.8 Å². The highest BCUT2D eigenvalue weighted by molar-refractivity contribution is 6.08. The van der Waals surface area contributed by atoms with Gasteiger partial charge in [0, 0.05) is 11.7 Å². The molecular formula is C11H14N5-. The maximum absolute atomic E-state index is 5.73. The predicted molar refractivity (Wildman–Crippen MR) is 63.4 cm³/mol.